The van der Waals surface area contributed by atoms with Gasteiger partial charge in [0.15, 0.2) is 5.78 Å². The number of carbonyl (C=O) groups is 2. The topological polar surface area (TPSA) is 74.6 Å². The Morgan fingerprint density at radius 1 is 1.12 bits per heavy atom. The van der Waals surface area contributed by atoms with E-state index >= 15 is 0 Å². The molecule has 4 heteroatoms. The first-order chi connectivity index (χ1) is 11.5. The molecule has 0 spiro atoms. The molecule has 0 bridgehead atoms. The van der Waals surface area contributed by atoms with Crippen LogP contribution in [-0.4, -0.2) is 28.1 Å². The summed E-state index contributed by atoms with van der Waals surface area (Å²) in [5.41, 5.74) is 2.00. The fourth-order valence-electron chi connectivity index (χ4n) is 3.08. The minimum absolute atomic E-state index is 0.188. The fourth-order valence-corrected chi connectivity index (χ4v) is 3.08. The van der Waals surface area contributed by atoms with Gasteiger partial charge in [-0.1, -0.05) is 56.8 Å². The number of carboxylic acids is 1. The predicted octanol–water partition coefficient (Wildman–Crippen LogP) is 4.57. The molecule has 0 aromatic heterocycles. The van der Waals surface area contributed by atoms with Crippen LogP contribution in [0, 0.1) is 0 Å². The lowest BCUT2D eigenvalue weighted by Gasteiger charge is -2.06. The van der Waals surface area contributed by atoms with Crippen molar-refractivity contribution in [3.8, 4) is 0 Å². The van der Waals surface area contributed by atoms with Gasteiger partial charge in [0.2, 0.25) is 0 Å². The third-order valence-corrected chi connectivity index (χ3v) is 4.54. The van der Waals surface area contributed by atoms with Gasteiger partial charge in [-0.05, 0) is 32.1 Å². The van der Waals surface area contributed by atoms with E-state index in [4.69, 9.17) is 5.11 Å². The van der Waals surface area contributed by atoms with Gasteiger partial charge >= 0.3 is 5.97 Å². The summed E-state index contributed by atoms with van der Waals surface area (Å²) in [6, 6.07) is 0. The SMILES string of the molecule is CCCCC[C@@H](O)/C=C/C1=C(CCCCCCC(=O)O)CCC1=O. The summed E-state index contributed by atoms with van der Waals surface area (Å²) >= 11 is 0. The zero-order chi connectivity index (χ0) is 17.8. The molecular formula is C20H32O4. The van der Waals surface area contributed by atoms with Crippen LogP contribution in [0.2, 0.25) is 0 Å². The Balaban J connectivity index is 2.39. The van der Waals surface area contributed by atoms with Gasteiger partial charge in [-0.3, -0.25) is 9.59 Å². The lowest BCUT2D eigenvalue weighted by molar-refractivity contribution is -0.137. The third kappa shape index (κ3) is 8.44. The van der Waals surface area contributed by atoms with Gasteiger partial charge in [-0.25, -0.2) is 0 Å². The Hall–Kier alpha value is -1.42. The maximum Gasteiger partial charge on any atom is 0.303 e. The number of ketones is 1. The first kappa shape index (κ1) is 20.6. The van der Waals surface area contributed by atoms with Gasteiger partial charge in [-0.15, -0.1) is 0 Å². The molecule has 0 radical (unpaired) electrons. The summed E-state index contributed by atoms with van der Waals surface area (Å²) in [7, 11) is 0. The average Bonchev–Trinajstić information content (AvgIpc) is 2.89. The summed E-state index contributed by atoms with van der Waals surface area (Å²) in [6.07, 6.45) is 13.4. The monoisotopic (exact) mass is 336 g/mol. The molecule has 0 saturated carbocycles. The fraction of sp³-hybridized carbons (Fsp3) is 0.700. The molecule has 1 rings (SSSR count). The van der Waals surface area contributed by atoms with Crippen molar-refractivity contribution in [1.29, 1.82) is 0 Å². The van der Waals surface area contributed by atoms with Crippen LogP contribution in [0.4, 0.5) is 0 Å². The number of carbonyl (C=O) groups excluding carboxylic acids is 1. The van der Waals surface area contributed by atoms with Gasteiger partial charge < -0.3 is 10.2 Å². The van der Waals surface area contributed by atoms with Crippen LogP contribution < -0.4 is 0 Å². The van der Waals surface area contributed by atoms with E-state index < -0.39 is 12.1 Å². The largest absolute Gasteiger partial charge is 0.481 e. The zero-order valence-electron chi connectivity index (χ0n) is 14.9. The number of hydrogen-bond acceptors (Lipinski definition) is 3. The number of allylic oxidation sites excluding steroid dienone is 3. The number of rotatable bonds is 13. The second-order valence-corrected chi connectivity index (χ2v) is 6.67. The molecule has 0 aliphatic heterocycles. The predicted molar refractivity (Wildman–Crippen MR) is 95.9 cm³/mol. The van der Waals surface area contributed by atoms with E-state index in [1.165, 1.54) is 5.57 Å². The highest BCUT2D eigenvalue weighted by molar-refractivity contribution is 6.01. The first-order valence-corrected chi connectivity index (χ1v) is 9.37. The van der Waals surface area contributed by atoms with Crippen LogP contribution in [0.3, 0.4) is 0 Å². The number of hydrogen-bond donors (Lipinski definition) is 2. The molecular weight excluding hydrogens is 304 g/mol. The normalized spacial score (nSPS) is 16.3. The Morgan fingerprint density at radius 2 is 1.88 bits per heavy atom. The van der Waals surface area contributed by atoms with Crippen molar-refractivity contribution in [2.24, 2.45) is 0 Å². The van der Waals surface area contributed by atoms with Crippen LogP contribution >= 0.6 is 0 Å². The summed E-state index contributed by atoms with van der Waals surface area (Å²) in [4.78, 5) is 22.5. The number of Topliss-reactive ketones (excluding diaryl/α,β-unsaturated/α-hetero) is 1. The number of unbranched alkanes of at least 4 members (excludes halogenated alkanes) is 5. The van der Waals surface area contributed by atoms with Crippen LogP contribution in [-0.2, 0) is 9.59 Å². The van der Waals surface area contributed by atoms with Gasteiger partial charge in [0.1, 0.15) is 0 Å². The molecule has 1 aliphatic rings. The van der Waals surface area contributed by atoms with Crippen LogP contribution in [0.5, 0.6) is 0 Å². The molecule has 0 aromatic carbocycles. The highest BCUT2D eigenvalue weighted by atomic mass is 16.4. The van der Waals surface area contributed by atoms with Gasteiger partial charge in [0.05, 0.1) is 6.10 Å². The molecule has 0 amide bonds. The quantitative estimate of drug-likeness (QED) is 0.483. The molecule has 0 unspecified atom stereocenters. The van der Waals surface area contributed by atoms with Crippen molar-refractivity contribution >= 4 is 11.8 Å². The Bertz CT molecular complexity index is 462. The highest BCUT2D eigenvalue weighted by Crippen LogP contribution is 2.28. The molecule has 1 aliphatic carbocycles. The van der Waals surface area contributed by atoms with Crippen molar-refractivity contribution in [1.82, 2.24) is 0 Å². The van der Waals surface area contributed by atoms with E-state index in [9.17, 15) is 14.7 Å². The third-order valence-electron chi connectivity index (χ3n) is 4.54. The second kappa shape index (κ2) is 12.0. The lowest BCUT2D eigenvalue weighted by atomic mass is 10.0. The van der Waals surface area contributed by atoms with Crippen molar-refractivity contribution in [2.75, 3.05) is 0 Å². The van der Waals surface area contributed by atoms with Crippen molar-refractivity contribution < 1.29 is 19.8 Å². The van der Waals surface area contributed by atoms with Crippen LogP contribution in [0.1, 0.15) is 84.0 Å². The summed E-state index contributed by atoms with van der Waals surface area (Å²) in [5.74, 6) is -0.545. The van der Waals surface area contributed by atoms with Crippen LogP contribution in [0.25, 0.3) is 0 Å². The first-order valence-electron chi connectivity index (χ1n) is 9.37. The molecule has 0 saturated heterocycles. The van der Waals surface area contributed by atoms with Gasteiger partial charge in [-0.2, -0.15) is 0 Å². The van der Waals surface area contributed by atoms with Gasteiger partial charge in [0.25, 0.3) is 0 Å². The lowest BCUT2D eigenvalue weighted by Crippen LogP contribution is -2.03. The molecule has 0 heterocycles. The van der Waals surface area contributed by atoms with E-state index in [0.717, 1.165) is 69.8 Å². The molecule has 136 valence electrons. The zero-order valence-corrected chi connectivity index (χ0v) is 14.9. The molecule has 24 heavy (non-hydrogen) atoms. The van der Waals surface area contributed by atoms with E-state index in [2.05, 4.69) is 6.92 Å². The van der Waals surface area contributed by atoms with E-state index in [0.29, 0.717) is 6.42 Å². The second-order valence-electron chi connectivity index (χ2n) is 6.67. The molecule has 1 atom stereocenters. The van der Waals surface area contributed by atoms with Crippen molar-refractivity contribution in [3.05, 3.63) is 23.3 Å². The maximum absolute atomic E-state index is 12.0. The average molecular weight is 336 g/mol. The summed E-state index contributed by atoms with van der Waals surface area (Å²) in [6.45, 7) is 2.14. The van der Waals surface area contributed by atoms with E-state index in [1.54, 1.807) is 6.08 Å². The van der Waals surface area contributed by atoms with Crippen LogP contribution in [0.15, 0.2) is 23.3 Å². The Labute approximate surface area is 145 Å². The van der Waals surface area contributed by atoms with E-state index in [1.807, 2.05) is 6.08 Å². The number of carboxylic acid groups (broad SMARTS) is 1. The number of aliphatic carboxylic acids is 1. The van der Waals surface area contributed by atoms with Crippen molar-refractivity contribution in [2.45, 2.75) is 90.1 Å². The molecule has 4 nitrogen and oxygen atoms in total. The number of aliphatic hydroxyl groups is 1. The Morgan fingerprint density at radius 3 is 2.58 bits per heavy atom. The smallest absolute Gasteiger partial charge is 0.303 e. The minimum atomic E-state index is -0.732. The summed E-state index contributed by atoms with van der Waals surface area (Å²) < 4.78 is 0. The minimum Gasteiger partial charge on any atom is -0.481 e. The van der Waals surface area contributed by atoms with Gasteiger partial charge in [0, 0.05) is 18.4 Å². The number of aliphatic hydroxyl groups excluding tert-OH is 1. The maximum atomic E-state index is 12.0. The molecule has 0 aromatic rings. The standard InChI is InChI=1S/C20H32O4/c1-2-3-6-10-17(21)13-14-18-16(12-15-19(18)22)9-7-4-5-8-11-20(23)24/h13-14,17,21H,2-12,15H2,1H3,(H,23,24)/b14-13+/t17-/m1/s1. The molecule has 2 N–H and O–H groups in total. The van der Waals surface area contributed by atoms with Crippen molar-refractivity contribution in [3.63, 3.8) is 0 Å². The highest BCUT2D eigenvalue weighted by Gasteiger charge is 2.20. The summed E-state index contributed by atoms with van der Waals surface area (Å²) in [5, 5.41) is 18.6. The Kier molecular flexibility index (Phi) is 10.3. The molecule has 0 fully saturated rings. The van der Waals surface area contributed by atoms with E-state index in [-0.39, 0.29) is 12.2 Å².